The third kappa shape index (κ3) is 2.86. The van der Waals surface area contributed by atoms with Crippen LogP contribution >= 0.6 is 11.6 Å². The van der Waals surface area contributed by atoms with Crippen LogP contribution in [0.1, 0.15) is 22.1 Å². The van der Waals surface area contributed by atoms with E-state index in [9.17, 15) is 15.0 Å². The van der Waals surface area contributed by atoms with Gasteiger partial charge in [0.25, 0.3) is 5.91 Å². The first-order valence-electron chi connectivity index (χ1n) is 7.39. The molecule has 0 spiro atoms. The van der Waals surface area contributed by atoms with Crippen LogP contribution in [-0.2, 0) is 4.74 Å². The molecule has 3 N–H and O–H groups in total. The quantitative estimate of drug-likeness (QED) is 0.740. The number of phenolic OH excluding ortho intramolecular Hbond substituents is 2. The number of rotatable bonds is 4. The Morgan fingerprint density at radius 3 is 2.75 bits per heavy atom. The molecule has 2 aromatic rings. The molecule has 1 amide bonds. The number of carbonyl (C=O) groups excluding carboxylic acids is 1. The van der Waals surface area contributed by atoms with Gasteiger partial charge in [0, 0.05) is 24.9 Å². The Labute approximate surface area is 144 Å². The summed E-state index contributed by atoms with van der Waals surface area (Å²) in [5.41, 5.74) is 1.83. The van der Waals surface area contributed by atoms with E-state index in [1.165, 1.54) is 12.1 Å². The average molecular weight is 349 g/mol. The number of halogens is 1. The summed E-state index contributed by atoms with van der Waals surface area (Å²) in [6.45, 7) is 0.727. The summed E-state index contributed by atoms with van der Waals surface area (Å²) in [6.07, 6.45) is -0.536. The molecular weight excluding hydrogens is 332 g/mol. The maximum Gasteiger partial charge on any atom is 0.257 e. The molecule has 0 saturated carbocycles. The average Bonchev–Trinajstić information content (AvgIpc) is 2.58. The number of amides is 1. The minimum Gasteiger partial charge on any atom is -0.504 e. The Bertz CT molecular complexity index is 758. The molecule has 1 atom stereocenters. The summed E-state index contributed by atoms with van der Waals surface area (Å²) in [6, 6.07) is 10.1. The molecule has 7 heteroatoms. The van der Waals surface area contributed by atoms with Crippen molar-refractivity contribution < 1.29 is 19.7 Å². The van der Waals surface area contributed by atoms with Gasteiger partial charge in [-0.15, -0.1) is 0 Å². The van der Waals surface area contributed by atoms with Crippen LogP contribution in [0, 0.1) is 0 Å². The second-order valence-corrected chi connectivity index (χ2v) is 5.86. The Morgan fingerprint density at radius 2 is 2.04 bits per heavy atom. The number of benzene rings is 2. The van der Waals surface area contributed by atoms with E-state index in [0.29, 0.717) is 30.0 Å². The van der Waals surface area contributed by atoms with Crippen molar-refractivity contribution in [2.24, 2.45) is 0 Å². The van der Waals surface area contributed by atoms with Gasteiger partial charge in [0.05, 0.1) is 17.2 Å². The zero-order valence-corrected chi connectivity index (χ0v) is 13.7. The zero-order chi connectivity index (χ0) is 17.3. The van der Waals surface area contributed by atoms with Crippen LogP contribution in [0.5, 0.6) is 11.5 Å². The highest BCUT2D eigenvalue weighted by molar-refractivity contribution is 6.32. The molecule has 0 bridgehead atoms. The number of anilines is 1. The summed E-state index contributed by atoms with van der Waals surface area (Å²) in [4.78, 5) is 14.4. The Hall–Kier alpha value is -2.44. The van der Waals surface area contributed by atoms with Crippen molar-refractivity contribution in [2.75, 3.05) is 25.6 Å². The van der Waals surface area contributed by atoms with E-state index in [1.807, 2.05) is 12.1 Å². The highest BCUT2D eigenvalue weighted by atomic mass is 35.5. The van der Waals surface area contributed by atoms with E-state index in [0.717, 1.165) is 0 Å². The fraction of sp³-hybridized carbons (Fsp3) is 0.235. The Morgan fingerprint density at radius 1 is 1.29 bits per heavy atom. The maximum atomic E-state index is 12.8. The van der Waals surface area contributed by atoms with E-state index in [2.05, 4.69) is 5.32 Å². The fourth-order valence-electron chi connectivity index (χ4n) is 2.74. The first-order chi connectivity index (χ1) is 11.5. The van der Waals surface area contributed by atoms with Crippen LogP contribution in [0.15, 0.2) is 36.4 Å². The topological polar surface area (TPSA) is 82.0 Å². The second kappa shape index (κ2) is 6.59. The number of ether oxygens (including phenoxy) is 1. The van der Waals surface area contributed by atoms with Crippen molar-refractivity contribution in [3.05, 3.63) is 52.5 Å². The number of hydrogen-bond acceptors (Lipinski definition) is 5. The van der Waals surface area contributed by atoms with E-state index in [4.69, 9.17) is 16.3 Å². The van der Waals surface area contributed by atoms with E-state index < -0.39 is 6.17 Å². The van der Waals surface area contributed by atoms with Crippen molar-refractivity contribution in [1.82, 2.24) is 4.90 Å². The van der Waals surface area contributed by atoms with Gasteiger partial charge in [0.15, 0.2) is 11.5 Å². The molecule has 24 heavy (non-hydrogen) atoms. The minimum absolute atomic E-state index is 0.0183. The highest BCUT2D eigenvalue weighted by Gasteiger charge is 2.33. The molecule has 0 aromatic heterocycles. The smallest absolute Gasteiger partial charge is 0.257 e. The first-order valence-corrected chi connectivity index (χ1v) is 7.77. The van der Waals surface area contributed by atoms with Gasteiger partial charge in [-0.3, -0.25) is 4.79 Å². The van der Waals surface area contributed by atoms with Gasteiger partial charge in [-0.2, -0.15) is 0 Å². The van der Waals surface area contributed by atoms with Crippen molar-refractivity contribution >= 4 is 23.2 Å². The number of phenols is 2. The normalized spacial score (nSPS) is 16.7. The number of fused-ring (bicyclic) bond motifs is 1. The summed E-state index contributed by atoms with van der Waals surface area (Å²) >= 11 is 5.96. The van der Waals surface area contributed by atoms with Crippen LogP contribution < -0.4 is 5.32 Å². The van der Waals surface area contributed by atoms with Crippen molar-refractivity contribution in [2.45, 2.75) is 6.17 Å². The third-order valence-electron chi connectivity index (χ3n) is 3.94. The minimum atomic E-state index is -0.536. The van der Waals surface area contributed by atoms with Crippen LogP contribution in [0.25, 0.3) is 0 Å². The predicted octanol–water partition coefficient (Wildman–Crippen LogP) is 2.96. The molecule has 0 saturated heterocycles. The first kappa shape index (κ1) is 16.4. The standard InChI is InChI=1S/C17H17ClN2O4/c1-24-7-6-20-16(10-8-12(18)15(22)14(21)9-10)19-13-5-3-2-4-11(13)17(20)23/h2-5,8-9,16,19,21-22H,6-7H2,1H3. The van der Waals surface area contributed by atoms with Gasteiger partial charge in [-0.05, 0) is 24.3 Å². The maximum absolute atomic E-state index is 12.8. The van der Waals surface area contributed by atoms with Crippen LogP contribution in [-0.4, -0.2) is 41.3 Å². The lowest BCUT2D eigenvalue weighted by atomic mass is 10.0. The van der Waals surface area contributed by atoms with Gasteiger partial charge in [-0.1, -0.05) is 23.7 Å². The zero-order valence-electron chi connectivity index (χ0n) is 13.0. The lowest BCUT2D eigenvalue weighted by Crippen LogP contribution is -2.44. The largest absolute Gasteiger partial charge is 0.504 e. The molecule has 1 aliphatic rings. The second-order valence-electron chi connectivity index (χ2n) is 5.45. The van der Waals surface area contributed by atoms with Crippen molar-refractivity contribution in [1.29, 1.82) is 0 Å². The number of nitrogens with one attached hydrogen (secondary N) is 1. The lowest BCUT2D eigenvalue weighted by Gasteiger charge is -2.38. The summed E-state index contributed by atoms with van der Waals surface area (Å²) in [5.74, 6) is -0.862. The Kier molecular flexibility index (Phi) is 4.51. The van der Waals surface area contributed by atoms with E-state index in [-0.39, 0.29) is 22.4 Å². The summed E-state index contributed by atoms with van der Waals surface area (Å²) in [5, 5.41) is 22.8. The Balaban J connectivity index is 2.05. The van der Waals surface area contributed by atoms with Gasteiger partial charge in [0.2, 0.25) is 0 Å². The lowest BCUT2D eigenvalue weighted by molar-refractivity contribution is 0.0609. The fourth-order valence-corrected chi connectivity index (χ4v) is 2.96. The van der Waals surface area contributed by atoms with Crippen molar-refractivity contribution in [3.63, 3.8) is 0 Å². The number of carbonyl (C=O) groups is 1. The molecule has 1 heterocycles. The van der Waals surface area contributed by atoms with Gasteiger partial charge in [0.1, 0.15) is 6.17 Å². The molecule has 0 radical (unpaired) electrons. The van der Waals surface area contributed by atoms with Crippen molar-refractivity contribution in [3.8, 4) is 11.5 Å². The van der Waals surface area contributed by atoms with Crippen LogP contribution in [0.2, 0.25) is 5.02 Å². The molecule has 126 valence electrons. The van der Waals surface area contributed by atoms with E-state index in [1.54, 1.807) is 24.1 Å². The SMILES string of the molecule is COCCN1C(=O)c2ccccc2NC1c1cc(O)c(O)c(Cl)c1. The van der Waals surface area contributed by atoms with Gasteiger partial charge < -0.3 is 25.2 Å². The molecule has 2 aromatic carbocycles. The molecule has 0 aliphatic carbocycles. The molecule has 3 rings (SSSR count). The third-order valence-corrected chi connectivity index (χ3v) is 4.23. The number of aromatic hydroxyl groups is 2. The molecule has 6 nitrogen and oxygen atoms in total. The number of hydrogen-bond donors (Lipinski definition) is 3. The predicted molar refractivity (Wildman–Crippen MR) is 90.5 cm³/mol. The molecular formula is C17H17ClN2O4. The van der Waals surface area contributed by atoms with Crippen LogP contribution in [0.3, 0.4) is 0 Å². The number of para-hydroxylation sites is 1. The van der Waals surface area contributed by atoms with E-state index >= 15 is 0 Å². The summed E-state index contributed by atoms with van der Waals surface area (Å²) < 4.78 is 5.09. The van der Waals surface area contributed by atoms with Gasteiger partial charge >= 0.3 is 0 Å². The monoisotopic (exact) mass is 348 g/mol. The van der Waals surface area contributed by atoms with Crippen LogP contribution in [0.4, 0.5) is 5.69 Å². The van der Waals surface area contributed by atoms with Gasteiger partial charge in [-0.25, -0.2) is 0 Å². The summed E-state index contributed by atoms with van der Waals surface area (Å²) in [7, 11) is 1.56. The molecule has 1 aliphatic heterocycles. The number of methoxy groups -OCH3 is 1. The molecule has 0 fully saturated rings. The molecule has 1 unspecified atom stereocenters. The number of nitrogens with zero attached hydrogens (tertiary/aromatic N) is 1. The highest BCUT2D eigenvalue weighted by Crippen LogP contribution is 2.39.